The Bertz CT molecular complexity index is 453. The van der Waals surface area contributed by atoms with Gasteiger partial charge in [-0.15, -0.1) is 0 Å². The standard InChI is InChI=1S/C18H28BrNO/c1-3-4-5-14-8-10-18(20,11-9-14)13-15-12-16(21-2)6-7-17(15)19/h6-7,12,14H,3-5,8-11,13,20H2,1-2H3. The average Bonchev–Trinajstić information content (AvgIpc) is 2.49. The van der Waals surface area contributed by atoms with Crippen molar-refractivity contribution < 1.29 is 4.74 Å². The van der Waals surface area contributed by atoms with Crippen molar-refractivity contribution in [3.05, 3.63) is 28.2 Å². The Hall–Kier alpha value is -0.540. The Balaban J connectivity index is 1.96. The Morgan fingerprint density at radius 2 is 2.05 bits per heavy atom. The third-order valence-corrected chi connectivity index (χ3v) is 5.64. The average molecular weight is 354 g/mol. The molecular formula is C18H28BrNO. The lowest BCUT2D eigenvalue weighted by Gasteiger charge is -2.37. The zero-order chi connectivity index (χ0) is 15.3. The van der Waals surface area contributed by atoms with E-state index >= 15 is 0 Å². The van der Waals surface area contributed by atoms with E-state index in [4.69, 9.17) is 10.5 Å². The predicted octanol–water partition coefficient (Wildman–Crippen LogP) is 5.08. The van der Waals surface area contributed by atoms with Crippen LogP contribution in [0.15, 0.2) is 22.7 Å². The van der Waals surface area contributed by atoms with Crippen molar-refractivity contribution in [3.8, 4) is 5.75 Å². The van der Waals surface area contributed by atoms with Crippen molar-refractivity contribution in [1.29, 1.82) is 0 Å². The summed E-state index contributed by atoms with van der Waals surface area (Å²) in [5, 5.41) is 0. The third kappa shape index (κ3) is 4.72. The number of hydrogen-bond acceptors (Lipinski definition) is 2. The molecule has 3 heteroatoms. The highest BCUT2D eigenvalue weighted by Gasteiger charge is 2.32. The fourth-order valence-corrected chi connectivity index (χ4v) is 3.79. The van der Waals surface area contributed by atoms with Gasteiger partial charge in [0.1, 0.15) is 5.75 Å². The quantitative estimate of drug-likeness (QED) is 0.773. The fourth-order valence-electron chi connectivity index (χ4n) is 3.40. The molecule has 0 amide bonds. The molecule has 118 valence electrons. The first kappa shape index (κ1) is 16.8. The number of nitrogens with two attached hydrogens (primary N) is 1. The number of unbranched alkanes of at least 4 members (excludes halogenated alkanes) is 1. The van der Waals surface area contributed by atoms with Gasteiger partial charge in [-0.25, -0.2) is 0 Å². The summed E-state index contributed by atoms with van der Waals surface area (Å²) in [4.78, 5) is 0. The number of methoxy groups -OCH3 is 1. The minimum atomic E-state index is -0.0440. The third-order valence-electron chi connectivity index (χ3n) is 4.86. The fraction of sp³-hybridized carbons (Fsp3) is 0.667. The molecule has 1 aromatic rings. The van der Waals surface area contributed by atoms with Crippen LogP contribution >= 0.6 is 15.9 Å². The highest BCUT2D eigenvalue weighted by molar-refractivity contribution is 9.10. The van der Waals surface area contributed by atoms with E-state index < -0.39 is 0 Å². The molecule has 0 bridgehead atoms. The molecular weight excluding hydrogens is 326 g/mol. The van der Waals surface area contributed by atoms with Crippen molar-refractivity contribution in [3.63, 3.8) is 0 Å². The highest BCUT2D eigenvalue weighted by atomic mass is 79.9. The molecule has 0 unspecified atom stereocenters. The second-order valence-electron chi connectivity index (χ2n) is 6.58. The minimum Gasteiger partial charge on any atom is -0.497 e. The lowest BCUT2D eigenvalue weighted by molar-refractivity contribution is 0.221. The second-order valence-corrected chi connectivity index (χ2v) is 7.44. The zero-order valence-corrected chi connectivity index (χ0v) is 14.9. The van der Waals surface area contributed by atoms with Crippen LogP contribution in [0.2, 0.25) is 0 Å². The molecule has 2 nitrogen and oxygen atoms in total. The lowest BCUT2D eigenvalue weighted by atomic mass is 9.73. The van der Waals surface area contributed by atoms with E-state index in [9.17, 15) is 0 Å². The number of benzene rings is 1. The molecule has 1 aromatic carbocycles. The molecule has 0 saturated heterocycles. The summed E-state index contributed by atoms with van der Waals surface area (Å²) in [5.74, 6) is 1.81. The second kappa shape index (κ2) is 7.64. The van der Waals surface area contributed by atoms with E-state index in [1.807, 2.05) is 6.07 Å². The molecule has 0 heterocycles. The maximum atomic E-state index is 6.68. The van der Waals surface area contributed by atoms with Crippen molar-refractivity contribution in [2.24, 2.45) is 11.7 Å². The smallest absolute Gasteiger partial charge is 0.119 e. The van der Waals surface area contributed by atoms with Gasteiger partial charge in [0.2, 0.25) is 0 Å². The van der Waals surface area contributed by atoms with Crippen LogP contribution in [-0.4, -0.2) is 12.6 Å². The molecule has 21 heavy (non-hydrogen) atoms. The summed E-state index contributed by atoms with van der Waals surface area (Å²) in [6.45, 7) is 2.27. The summed E-state index contributed by atoms with van der Waals surface area (Å²) in [5.41, 5.74) is 7.90. The summed E-state index contributed by atoms with van der Waals surface area (Å²) in [7, 11) is 1.71. The van der Waals surface area contributed by atoms with Crippen LogP contribution in [0.4, 0.5) is 0 Å². The van der Waals surface area contributed by atoms with Crippen LogP contribution in [0, 0.1) is 5.92 Å². The Kier molecular flexibility index (Phi) is 6.12. The first-order valence-corrected chi connectivity index (χ1v) is 8.97. The maximum Gasteiger partial charge on any atom is 0.119 e. The molecule has 0 aromatic heterocycles. The van der Waals surface area contributed by atoms with Crippen molar-refractivity contribution >= 4 is 15.9 Å². The van der Waals surface area contributed by atoms with Crippen LogP contribution < -0.4 is 10.5 Å². The lowest BCUT2D eigenvalue weighted by Crippen LogP contribution is -2.45. The molecule has 0 spiro atoms. The molecule has 1 aliphatic rings. The molecule has 0 radical (unpaired) electrons. The molecule has 0 aliphatic heterocycles. The molecule has 2 rings (SSSR count). The molecule has 1 fully saturated rings. The molecule has 1 saturated carbocycles. The van der Waals surface area contributed by atoms with Crippen molar-refractivity contribution in [2.75, 3.05) is 7.11 Å². The molecule has 2 N–H and O–H groups in total. The van der Waals surface area contributed by atoms with Crippen LogP contribution in [0.25, 0.3) is 0 Å². The van der Waals surface area contributed by atoms with Crippen LogP contribution in [-0.2, 0) is 6.42 Å². The van der Waals surface area contributed by atoms with E-state index in [1.165, 1.54) is 37.7 Å². The Morgan fingerprint density at radius 1 is 1.33 bits per heavy atom. The number of halogens is 1. The monoisotopic (exact) mass is 353 g/mol. The van der Waals surface area contributed by atoms with Gasteiger partial charge in [-0.2, -0.15) is 0 Å². The largest absolute Gasteiger partial charge is 0.497 e. The molecule has 0 atom stereocenters. The van der Waals surface area contributed by atoms with E-state index in [-0.39, 0.29) is 5.54 Å². The maximum absolute atomic E-state index is 6.68. The normalized spacial score (nSPS) is 25.8. The van der Waals surface area contributed by atoms with Gasteiger partial charge in [-0.05, 0) is 61.8 Å². The van der Waals surface area contributed by atoms with Gasteiger partial charge < -0.3 is 10.5 Å². The number of rotatable bonds is 6. The summed E-state index contributed by atoms with van der Waals surface area (Å²) >= 11 is 3.65. The molecule has 1 aliphatic carbocycles. The van der Waals surface area contributed by atoms with Gasteiger partial charge >= 0.3 is 0 Å². The first-order chi connectivity index (χ1) is 10.1. The van der Waals surface area contributed by atoms with Crippen LogP contribution in [0.3, 0.4) is 0 Å². The van der Waals surface area contributed by atoms with E-state index in [1.54, 1.807) is 7.11 Å². The van der Waals surface area contributed by atoms with Crippen LogP contribution in [0.1, 0.15) is 57.4 Å². The SMILES string of the molecule is CCCCC1CCC(N)(Cc2cc(OC)ccc2Br)CC1. The summed E-state index contributed by atoms with van der Waals surface area (Å²) in [6.07, 6.45) is 9.86. The summed E-state index contributed by atoms with van der Waals surface area (Å²) in [6, 6.07) is 6.16. The van der Waals surface area contributed by atoms with Gasteiger partial charge in [0.25, 0.3) is 0 Å². The van der Waals surface area contributed by atoms with Gasteiger partial charge in [0, 0.05) is 10.0 Å². The number of ether oxygens (including phenoxy) is 1. The van der Waals surface area contributed by atoms with Crippen LogP contribution in [0.5, 0.6) is 5.75 Å². The van der Waals surface area contributed by atoms with Crippen molar-refractivity contribution in [1.82, 2.24) is 0 Å². The minimum absolute atomic E-state index is 0.0440. The van der Waals surface area contributed by atoms with E-state index in [0.717, 1.165) is 35.4 Å². The van der Waals surface area contributed by atoms with Gasteiger partial charge in [-0.3, -0.25) is 0 Å². The first-order valence-electron chi connectivity index (χ1n) is 8.17. The Morgan fingerprint density at radius 3 is 2.67 bits per heavy atom. The highest BCUT2D eigenvalue weighted by Crippen LogP contribution is 2.36. The summed E-state index contributed by atoms with van der Waals surface area (Å²) < 4.78 is 6.47. The van der Waals surface area contributed by atoms with Crippen molar-refractivity contribution in [2.45, 2.75) is 63.8 Å². The number of hydrogen-bond donors (Lipinski definition) is 1. The van der Waals surface area contributed by atoms with Gasteiger partial charge in [0.05, 0.1) is 7.11 Å². The van der Waals surface area contributed by atoms with E-state index in [0.29, 0.717) is 0 Å². The zero-order valence-electron chi connectivity index (χ0n) is 13.3. The Labute approximate surface area is 137 Å². The topological polar surface area (TPSA) is 35.2 Å². The predicted molar refractivity (Wildman–Crippen MR) is 92.8 cm³/mol. The van der Waals surface area contributed by atoms with Gasteiger partial charge in [0.15, 0.2) is 0 Å². The van der Waals surface area contributed by atoms with E-state index in [2.05, 4.69) is 35.0 Å². The van der Waals surface area contributed by atoms with Gasteiger partial charge in [-0.1, -0.05) is 42.1 Å².